The zero-order chi connectivity index (χ0) is 37.4. The van der Waals surface area contributed by atoms with E-state index in [1.807, 2.05) is 60.9 Å². The molecule has 10 rings (SSSR count). The van der Waals surface area contributed by atoms with Gasteiger partial charge in [0.1, 0.15) is 0 Å². The molecule has 6 heterocycles. The van der Waals surface area contributed by atoms with E-state index in [1.165, 1.54) is 0 Å². The second-order valence-electron chi connectivity index (χ2n) is 13.5. The van der Waals surface area contributed by atoms with Gasteiger partial charge in [0, 0.05) is 75.8 Å². The smallest absolute Gasteiger partial charge is 0.270 e. The Balaban J connectivity index is 1.13. The molecule has 0 unspecified atom stereocenters. The third kappa shape index (κ3) is 5.88. The molecule has 0 atom stereocenters. The van der Waals surface area contributed by atoms with E-state index in [0.29, 0.717) is 5.82 Å². The van der Waals surface area contributed by atoms with Crippen LogP contribution in [0.25, 0.3) is 105 Å². The SMILES string of the molecule is [C-]#[N+]c1cccc(-c2ccc(-c3cc4c5cccnc5c(-c5cccc(-c6cc(-c7ccncc7)nc(-c7ccncc7)c6)c5)cc4c4cccnc34)cc2)n1. The van der Waals surface area contributed by atoms with Crippen LogP contribution in [-0.2, 0) is 0 Å². The van der Waals surface area contributed by atoms with Crippen molar-refractivity contribution in [3.63, 3.8) is 0 Å². The molecular formula is C49H29N7. The van der Waals surface area contributed by atoms with Gasteiger partial charge in [0.15, 0.2) is 5.69 Å². The molecule has 0 saturated heterocycles. The summed E-state index contributed by atoms with van der Waals surface area (Å²) in [6.45, 7) is 7.37. The summed E-state index contributed by atoms with van der Waals surface area (Å²) < 4.78 is 0. The van der Waals surface area contributed by atoms with Gasteiger partial charge in [-0.15, -0.1) is 4.98 Å². The normalized spacial score (nSPS) is 11.2. The van der Waals surface area contributed by atoms with Gasteiger partial charge in [-0.25, -0.2) is 4.98 Å². The molecule has 56 heavy (non-hydrogen) atoms. The van der Waals surface area contributed by atoms with Crippen LogP contribution in [-0.4, -0.2) is 29.9 Å². The summed E-state index contributed by atoms with van der Waals surface area (Å²) in [7, 11) is 0. The Morgan fingerprint density at radius 2 is 0.893 bits per heavy atom. The predicted octanol–water partition coefficient (Wildman–Crippen LogP) is 12.1. The number of nitrogens with zero attached hydrogens (tertiary/aromatic N) is 7. The van der Waals surface area contributed by atoms with Crippen LogP contribution < -0.4 is 0 Å². The first-order chi connectivity index (χ1) is 27.7. The highest BCUT2D eigenvalue weighted by Crippen LogP contribution is 2.42. The van der Waals surface area contributed by atoms with Crippen molar-refractivity contribution in [3.8, 4) is 67.2 Å². The topological polar surface area (TPSA) is 81.7 Å². The van der Waals surface area contributed by atoms with E-state index < -0.39 is 0 Å². The Hall–Kier alpha value is -7.95. The van der Waals surface area contributed by atoms with Gasteiger partial charge in [0.2, 0.25) is 0 Å². The van der Waals surface area contributed by atoms with Gasteiger partial charge in [-0.1, -0.05) is 67.2 Å². The van der Waals surface area contributed by atoms with Gasteiger partial charge in [0.05, 0.1) is 22.4 Å². The summed E-state index contributed by atoms with van der Waals surface area (Å²) in [5.41, 5.74) is 13.6. The molecule has 0 N–H and O–H groups in total. The molecule has 0 amide bonds. The second-order valence-corrected chi connectivity index (χ2v) is 13.5. The van der Waals surface area contributed by atoms with E-state index in [0.717, 1.165) is 99.7 Å². The van der Waals surface area contributed by atoms with Gasteiger partial charge in [-0.2, -0.15) is 0 Å². The number of hydrogen-bond donors (Lipinski definition) is 0. The van der Waals surface area contributed by atoms with Gasteiger partial charge in [0.25, 0.3) is 5.82 Å². The van der Waals surface area contributed by atoms with Crippen molar-refractivity contribution in [3.05, 3.63) is 188 Å². The molecule has 260 valence electrons. The fourth-order valence-electron chi connectivity index (χ4n) is 7.51. The van der Waals surface area contributed by atoms with Gasteiger partial charge >= 0.3 is 0 Å². The van der Waals surface area contributed by atoms with E-state index >= 15 is 0 Å². The van der Waals surface area contributed by atoms with Gasteiger partial charge in [-0.05, 0) is 112 Å². The van der Waals surface area contributed by atoms with E-state index in [2.05, 4.69) is 105 Å². The fourth-order valence-corrected chi connectivity index (χ4v) is 7.51. The van der Waals surface area contributed by atoms with Crippen molar-refractivity contribution in [2.75, 3.05) is 0 Å². The van der Waals surface area contributed by atoms with Crippen LogP contribution in [0, 0.1) is 6.57 Å². The number of rotatable bonds is 6. The largest absolute Gasteiger partial charge is 0.361 e. The molecule has 0 saturated carbocycles. The van der Waals surface area contributed by atoms with E-state index in [4.69, 9.17) is 21.5 Å². The molecule has 4 aromatic carbocycles. The van der Waals surface area contributed by atoms with Crippen LogP contribution >= 0.6 is 0 Å². The minimum Gasteiger partial charge on any atom is -0.361 e. The molecule has 0 fully saturated rings. The molecule has 0 radical (unpaired) electrons. The Bertz CT molecular complexity index is 3080. The van der Waals surface area contributed by atoms with Gasteiger partial charge < -0.3 is 4.85 Å². The van der Waals surface area contributed by atoms with E-state index in [9.17, 15) is 0 Å². The Kier molecular flexibility index (Phi) is 8.05. The number of benzene rings is 4. The van der Waals surface area contributed by atoms with E-state index in [1.54, 1.807) is 30.9 Å². The summed E-state index contributed by atoms with van der Waals surface area (Å²) in [4.78, 5) is 31.4. The molecule has 7 nitrogen and oxygen atoms in total. The Morgan fingerprint density at radius 3 is 1.50 bits per heavy atom. The van der Waals surface area contributed by atoms with Crippen molar-refractivity contribution >= 4 is 38.4 Å². The molecule has 10 aromatic rings. The van der Waals surface area contributed by atoms with Crippen LogP contribution in [0.2, 0.25) is 0 Å². The summed E-state index contributed by atoms with van der Waals surface area (Å²) >= 11 is 0. The molecule has 0 aliphatic rings. The number of pyridine rings is 6. The van der Waals surface area contributed by atoms with Crippen LogP contribution in [0.5, 0.6) is 0 Å². The first-order valence-electron chi connectivity index (χ1n) is 18.2. The maximum atomic E-state index is 7.37. The van der Waals surface area contributed by atoms with Crippen molar-refractivity contribution in [2.24, 2.45) is 0 Å². The average molecular weight is 716 g/mol. The summed E-state index contributed by atoms with van der Waals surface area (Å²) in [6.07, 6.45) is 10.9. The molecular weight excluding hydrogens is 687 g/mol. The maximum absolute atomic E-state index is 7.37. The first-order valence-corrected chi connectivity index (χ1v) is 18.2. The van der Waals surface area contributed by atoms with Crippen LogP contribution in [0.1, 0.15) is 0 Å². The molecule has 7 heteroatoms. The third-order valence-corrected chi connectivity index (χ3v) is 10.2. The zero-order valence-corrected chi connectivity index (χ0v) is 29.9. The van der Waals surface area contributed by atoms with Crippen LogP contribution in [0.4, 0.5) is 5.82 Å². The average Bonchev–Trinajstić information content (AvgIpc) is 3.29. The standard InChI is InChI=1S/C49H29N7/c1-50-47-11-3-10-44(56-47)32-14-12-31(13-15-32)40-29-42-39-9-5-21-54-49(39)41(30-43(42)38-8-4-20-53-48(38)40)36-7-2-6-35(26-36)37-27-45(33-16-22-51-23-17-33)55-46(28-37)34-18-24-52-25-19-34/h2-30H. The van der Waals surface area contributed by atoms with Crippen molar-refractivity contribution in [2.45, 2.75) is 0 Å². The number of aromatic nitrogens is 6. The quantitative estimate of drug-likeness (QED) is 0.126. The lowest BCUT2D eigenvalue weighted by Crippen LogP contribution is -1.93. The Labute approximate surface area is 322 Å². The minimum atomic E-state index is 0.380. The predicted molar refractivity (Wildman–Crippen MR) is 225 cm³/mol. The molecule has 0 spiro atoms. The third-order valence-electron chi connectivity index (χ3n) is 10.2. The highest BCUT2D eigenvalue weighted by Gasteiger charge is 2.17. The van der Waals surface area contributed by atoms with Gasteiger partial charge in [-0.3, -0.25) is 19.9 Å². The second kappa shape index (κ2) is 13.8. The summed E-state index contributed by atoms with van der Waals surface area (Å²) in [6, 6.07) is 47.6. The van der Waals surface area contributed by atoms with E-state index in [-0.39, 0.29) is 0 Å². The first kappa shape index (κ1) is 32.7. The van der Waals surface area contributed by atoms with Crippen molar-refractivity contribution in [1.29, 1.82) is 0 Å². The summed E-state index contributed by atoms with van der Waals surface area (Å²) in [5, 5.41) is 4.35. The monoisotopic (exact) mass is 715 g/mol. The van der Waals surface area contributed by atoms with Crippen molar-refractivity contribution < 1.29 is 0 Å². The highest BCUT2D eigenvalue weighted by molar-refractivity contribution is 6.22. The van der Waals surface area contributed by atoms with Crippen molar-refractivity contribution in [1.82, 2.24) is 29.9 Å². The molecule has 0 aliphatic heterocycles. The van der Waals surface area contributed by atoms with Crippen LogP contribution in [0.15, 0.2) is 177 Å². The molecule has 0 aliphatic carbocycles. The highest BCUT2D eigenvalue weighted by atomic mass is 14.9. The number of hydrogen-bond acceptors (Lipinski definition) is 6. The lowest BCUT2D eigenvalue weighted by molar-refractivity contribution is 1.27. The maximum Gasteiger partial charge on any atom is 0.270 e. The molecule has 6 aromatic heterocycles. The molecule has 0 bridgehead atoms. The zero-order valence-electron chi connectivity index (χ0n) is 29.9. The Morgan fingerprint density at radius 1 is 0.357 bits per heavy atom. The minimum absolute atomic E-state index is 0.380. The number of fused-ring (bicyclic) bond motifs is 5. The lowest BCUT2D eigenvalue weighted by Gasteiger charge is -2.16. The fraction of sp³-hybridized carbons (Fsp3) is 0. The van der Waals surface area contributed by atoms with Crippen LogP contribution in [0.3, 0.4) is 0 Å². The lowest BCUT2D eigenvalue weighted by atomic mass is 9.90. The summed E-state index contributed by atoms with van der Waals surface area (Å²) in [5.74, 6) is 0.380.